The van der Waals surface area contributed by atoms with Gasteiger partial charge in [-0.3, -0.25) is 4.79 Å². The van der Waals surface area contributed by atoms with Gasteiger partial charge in [0.15, 0.2) is 0 Å². The van der Waals surface area contributed by atoms with Crippen molar-refractivity contribution in [2.45, 2.75) is 32.2 Å². The number of hydrogen-bond donors (Lipinski definition) is 1. The summed E-state index contributed by atoms with van der Waals surface area (Å²) in [4.78, 5) is 11.4. The van der Waals surface area contributed by atoms with Crippen molar-refractivity contribution in [2.24, 2.45) is 0 Å². The molecular weight excluding hydrogens is 190 g/mol. The van der Waals surface area contributed by atoms with Gasteiger partial charge >= 0.3 is 0 Å². The van der Waals surface area contributed by atoms with Crippen LogP contribution in [0.25, 0.3) is 0 Å². The topological polar surface area (TPSA) is 42.2 Å². The fourth-order valence-electron chi connectivity index (χ4n) is 1.27. The number of terminal acetylenes is 1. The van der Waals surface area contributed by atoms with Crippen LogP contribution in [0.15, 0.2) is 22.8 Å². The first-order chi connectivity index (χ1) is 7.22. The zero-order valence-electron chi connectivity index (χ0n) is 8.82. The molecule has 1 aromatic heterocycles. The van der Waals surface area contributed by atoms with Gasteiger partial charge in [0, 0.05) is 25.3 Å². The second-order valence-corrected chi connectivity index (χ2v) is 3.46. The van der Waals surface area contributed by atoms with Crippen LogP contribution in [0, 0.1) is 12.3 Å². The highest BCUT2D eigenvalue weighted by atomic mass is 16.3. The number of carbonyl (C=O) groups is 1. The molecule has 0 aliphatic carbocycles. The average Bonchev–Trinajstić information content (AvgIpc) is 2.67. The number of furan rings is 1. The molecule has 1 heterocycles. The van der Waals surface area contributed by atoms with Gasteiger partial charge in [-0.25, -0.2) is 0 Å². The van der Waals surface area contributed by atoms with Crippen LogP contribution in [0.3, 0.4) is 0 Å². The van der Waals surface area contributed by atoms with Crippen LogP contribution >= 0.6 is 0 Å². The number of hydrogen-bond acceptors (Lipinski definition) is 2. The number of carbonyl (C=O) groups excluding carboxylic acids is 1. The minimum Gasteiger partial charge on any atom is -0.469 e. The third kappa shape index (κ3) is 4.37. The Labute approximate surface area is 89.9 Å². The van der Waals surface area contributed by atoms with Crippen molar-refractivity contribution in [1.29, 1.82) is 0 Å². The van der Waals surface area contributed by atoms with Crippen molar-refractivity contribution in [3.63, 3.8) is 0 Å². The quantitative estimate of drug-likeness (QED) is 0.744. The van der Waals surface area contributed by atoms with Gasteiger partial charge in [0.25, 0.3) is 0 Å². The zero-order chi connectivity index (χ0) is 11.1. The highest BCUT2D eigenvalue weighted by Gasteiger charge is 2.06. The van der Waals surface area contributed by atoms with Crippen LogP contribution in [-0.2, 0) is 11.2 Å². The highest BCUT2D eigenvalue weighted by Crippen LogP contribution is 2.03. The van der Waals surface area contributed by atoms with Crippen molar-refractivity contribution >= 4 is 5.91 Å². The van der Waals surface area contributed by atoms with E-state index < -0.39 is 0 Å². The minimum atomic E-state index is 0.00847. The molecule has 1 unspecified atom stereocenters. The van der Waals surface area contributed by atoms with Crippen LogP contribution in [-0.4, -0.2) is 11.9 Å². The Hall–Kier alpha value is -1.69. The molecule has 1 atom stereocenters. The molecular formula is C12H15NO2. The van der Waals surface area contributed by atoms with Crippen molar-refractivity contribution in [3.05, 3.63) is 24.2 Å². The number of nitrogens with one attached hydrogen (secondary N) is 1. The Balaban J connectivity index is 2.22. The van der Waals surface area contributed by atoms with Crippen molar-refractivity contribution in [3.8, 4) is 12.3 Å². The van der Waals surface area contributed by atoms with Gasteiger partial charge in [0.05, 0.1) is 6.26 Å². The molecule has 0 saturated carbocycles. The SMILES string of the molecule is C#CCC(C)NC(=O)CCc1ccco1. The van der Waals surface area contributed by atoms with E-state index in [1.54, 1.807) is 6.26 Å². The van der Waals surface area contributed by atoms with Gasteiger partial charge < -0.3 is 9.73 Å². The molecule has 1 rings (SSSR count). The van der Waals surface area contributed by atoms with E-state index in [4.69, 9.17) is 10.8 Å². The fraction of sp³-hybridized carbons (Fsp3) is 0.417. The average molecular weight is 205 g/mol. The second-order valence-electron chi connectivity index (χ2n) is 3.46. The van der Waals surface area contributed by atoms with Gasteiger partial charge in [-0.2, -0.15) is 0 Å². The van der Waals surface area contributed by atoms with E-state index in [1.807, 2.05) is 19.1 Å². The Morgan fingerprint density at radius 1 is 1.73 bits per heavy atom. The van der Waals surface area contributed by atoms with E-state index in [9.17, 15) is 4.79 Å². The van der Waals surface area contributed by atoms with Crippen LogP contribution < -0.4 is 5.32 Å². The van der Waals surface area contributed by atoms with Crippen molar-refractivity contribution in [2.75, 3.05) is 0 Å². The third-order valence-electron chi connectivity index (χ3n) is 2.01. The Bertz CT molecular complexity index is 335. The molecule has 1 N–H and O–H groups in total. The monoisotopic (exact) mass is 205 g/mol. The van der Waals surface area contributed by atoms with Crippen LogP contribution in [0.2, 0.25) is 0 Å². The van der Waals surface area contributed by atoms with E-state index >= 15 is 0 Å². The third-order valence-corrected chi connectivity index (χ3v) is 2.01. The molecule has 80 valence electrons. The molecule has 1 aromatic rings. The molecule has 15 heavy (non-hydrogen) atoms. The maximum atomic E-state index is 11.4. The summed E-state index contributed by atoms with van der Waals surface area (Å²) in [5.74, 6) is 3.35. The van der Waals surface area contributed by atoms with Gasteiger partial charge in [-0.15, -0.1) is 12.3 Å². The van der Waals surface area contributed by atoms with E-state index in [2.05, 4.69) is 11.2 Å². The second kappa shape index (κ2) is 5.92. The molecule has 0 aliphatic heterocycles. The summed E-state index contributed by atoms with van der Waals surface area (Å²) in [6.45, 7) is 1.89. The molecule has 0 radical (unpaired) electrons. The van der Waals surface area contributed by atoms with Gasteiger partial charge in [-0.1, -0.05) is 0 Å². The smallest absolute Gasteiger partial charge is 0.220 e. The predicted molar refractivity (Wildman–Crippen MR) is 58.1 cm³/mol. The molecule has 0 fully saturated rings. The number of amides is 1. The Morgan fingerprint density at radius 3 is 3.13 bits per heavy atom. The molecule has 1 amide bonds. The van der Waals surface area contributed by atoms with Crippen LogP contribution in [0.4, 0.5) is 0 Å². The van der Waals surface area contributed by atoms with E-state index in [0.29, 0.717) is 19.3 Å². The normalized spacial score (nSPS) is 11.7. The molecule has 0 saturated heterocycles. The molecule has 0 aliphatic rings. The van der Waals surface area contributed by atoms with Crippen molar-refractivity contribution < 1.29 is 9.21 Å². The zero-order valence-corrected chi connectivity index (χ0v) is 8.82. The molecule has 3 heteroatoms. The summed E-state index contributed by atoms with van der Waals surface area (Å²) in [7, 11) is 0. The first-order valence-electron chi connectivity index (χ1n) is 4.97. The minimum absolute atomic E-state index is 0.00847. The number of rotatable bonds is 5. The van der Waals surface area contributed by atoms with E-state index in [1.165, 1.54) is 0 Å². The van der Waals surface area contributed by atoms with Crippen molar-refractivity contribution in [1.82, 2.24) is 5.32 Å². The summed E-state index contributed by atoms with van der Waals surface area (Å²) < 4.78 is 5.12. The predicted octanol–water partition coefficient (Wildman–Crippen LogP) is 1.74. The highest BCUT2D eigenvalue weighted by molar-refractivity contribution is 5.76. The maximum absolute atomic E-state index is 11.4. The van der Waals surface area contributed by atoms with Gasteiger partial charge in [0.2, 0.25) is 5.91 Å². The largest absolute Gasteiger partial charge is 0.469 e. The lowest BCUT2D eigenvalue weighted by molar-refractivity contribution is -0.121. The van der Waals surface area contributed by atoms with Crippen LogP contribution in [0.1, 0.15) is 25.5 Å². The number of aryl methyl sites for hydroxylation is 1. The molecule has 3 nitrogen and oxygen atoms in total. The lowest BCUT2D eigenvalue weighted by atomic mass is 10.2. The Morgan fingerprint density at radius 2 is 2.53 bits per heavy atom. The first kappa shape index (κ1) is 11.4. The summed E-state index contributed by atoms with van der Waals surface area (Å²) >= 11 is 0. The summed E-state index contributed by atoms with van der Waals surface area (Å²) in [5, 5.41) is 2.82. The molecule has 0 aromatic carbocycles. The summed E-state index contributed by atoms with van der Waals surface area (Å²) in [6, 6.07) is 3.71. The van der Waals surface area contributed by atoms with Gasteiger partial charge in [0.1, 0.15) is 5.76 Å². The first-order valence-corrected chi connectivity index (χ1v) is 4.97. The van der Waals surface area contributed by atoms with Gasteiger partial charge in [-0.05, 0) is 19.1 Å². The van der Waals surface area contributed by atoms with E-state index in [-0.39, 0.29) is 11.9 Å². The molecule has 0 spiro atoms. The lowest BCUT2D eigenvalue weighted by Crippen LogP contribution is -2.32. The maximum Gasteiger partial charge on any atom is 0.220 e. The van der Waals surface area contributed by atoms with E-state index in [0.717, 1.165) is 5.76 Å². The summed E-state index contributed by atoms with van der Waals surface area (Å²) in [6.07, 6.45) is 8.37. The summed E-state index contributed by atoms with van der Waals surface area (Å²) in [5.41, 5.74) is 0. The lowest BCUT2D eigenvalue weighted by Gasteiger charge is -2.09. The molecule has 0 bridgehead atoms. The van der Waals surface area contributed by atoms with Crippen LogP contribution in [0.5, 0.6) is 0 Å². The Kier molecular flexibility index (Phi) is 4.49. The standard InChI is InChI=1S/C12H15NO2/c1-3-5-10(2)13-12(14)8-7-11-6-4-9-15-11/h1,4,6,9-10H,5,7-8H2,2H3,(H,13,14). The fourth-order valence-corrected chi connectivity index (χ4v) is 1.27.